The van der Waals surface area contributed by atoms with E-state index in [4.69, 9.17) is 22.2 Å². The first-order chi connectivity index (χ1) is 9.74. The fourth-order valence-corrected chi connectivity index (χ4v) is 2.42. The molecule has 0 spiro atoms. The first kappa shape index (κ1) is 14.9. The molecule has 0 aliphatic rings. The predicted octanol–water partition coefficient (Wildman–Crippen LogP) is 3.49. The van der Waals surface area contributed by atoms with E-state index in [2.05, 4.69) is 17.6 Å². The summed E-state index contributed by atoms with van der Waals surface area (Å²) in [4.78, 5) is 0. The van der Waals surface area contributed by atoms with Gasteiger partial charge in [-0.1, -0.05) is 48.0 Å². The second-order valence-electron chi connectivity index (χ2n) is 4.63. The van der Waals surface area contributed by atoms with Crippen molar-refractivity contribution in [2.45, 2.75) is 18.9 Å². The van der Waals surface area contributed by atoms with Gasteiger partial charge in [0.2, 0.25) is 0 Å². The van der Waals surface area contributed by atoms with E-state index < -0.39 is 0 Å². The SMILES string of the molecule is COc1cc(Cl)ccc1C(CCc1ccccc1)NN. The minimum Gasteiger partial charge on any atom is -0.496 e. The molecular weight excluding hydrogens is 272 g/mol. The second-order valence-corrected chi connectivity index (χ2v) is 5.07. The molecule has 1 unspecified atom stereocenters. The summed E-state index contributed by atoms with van der Waals surface area (Å²) < 4.78 is 5.38. The Balaban J connectivity index is 2.12. The first-order valence-corrected chi connectivity index (χ1v) is 6.96. The minimum atomic E-state index is 0.0300. The molecule has 3 nitrogen and oxygen atoms in total. The van der Waals surface area contributed by atoms with E-state index in [0.717, 1.165) is 24.2 Å². The van der Waals surface area contributed by atoms with Gasteiger partial charge >= 0.3 is 0 Å². The summed E-state index contributed by atoms with van der Waals surface area (Å²) in [5.74, 6) is 6.45. The van der Waals surface area contributed by atoms with Crippen molar-refractivity contribution in [3.05, 3.63) is 64.7 Å². The maximum atomic E-state index is 5.98. The second kappa shape index (κ2) is 7.29. The summed E-state index contributed by atoms with van der Waals surface area (Å²) in [7, 11) is 1.64. The smallest absolute Gasteiger partial charge is 0.125 e. The van der Waals surface area contributed by atoms with Crippen LogP contribution in [0.25, 0.3) is 0 Å². The molecule has 106 valence electrons. The molecule has 3 N–H and O–H groups in total. The fourth-order valence-electron chi connectivity index (χ4n) is 2.26. The highest BCUT2D eigenvalue weighted by Gasteiger charge is 2.15. The van der Waals surface area contributed by atoms with Crippen LogP contribution in [-0.4, -0.2) is 7.11 Å². The number of hydrogen-bond donors (Lipinski definition) is 2. The fraction of sp³-hybridized carbons (Fsp3) is 0.250. The highest BCUT2D eigenvalue weighted by atomic mass is 35.5. The van der Waals surface area contributed by atoms with E-state index in [9.17, 15) is 0 Å². The molecule has 2 rings (SSSR count). The van der Waals surface area contributed by atoms with Crippen molar-refractivity contribution in [3.8, 4) is 5.75 Å². The highest BCUT2D eigenvalue weighted by Crippen LogP contribution is 2.30. The molecule has 4 heteroatoms. The van der Waals surface area contributed by atoms with Crippen LogP contribution in [0.4, 0.5) is 0 Å². The number of hydrogen-bond acceptors (Lipinski definition) is 3. The van der Waals surface area contributed by atoms with Crippen LogP contribution in [0, 0.1) is 0 Å². The summed E-state index contributed by atoms with van der Waals surface area (Å²) in [5, 5.41) is 0.657. The van der Waals surface area contributed by atoms with Crippen molar-refractivity contribution in [1.29, 1.82) is 0 Å². The molecule has 0 bridgehead atoms. The van der Waals surface area contributed by atoms with Crippen LogP contribution in [0.5, 0.6) is 5.75 Å². The molecule has 2 aromatic carbocycles. The third-order valence-electron chi connectivity index (χ3n) is 3.34. The van der Waals surface area contributed by atoms with Crippen molar-refractivity contribution in [3.63, 3.8) is 0 Å². The van der Waals surface area contributed by atoms with E-state index in [-0.39, 0.29) is 6.04 Å². The van der Waals surface area contributed by atoms with Gasteiger partial charge in [0.15, 0.2) is 0 Å². The Bertz CT molecular complexity index is 545. The quantitative estimate of drug-likeness (QED) is 0.632. The van der Waals surface area contributed by atoms with Crippen molar-refractivity contribution in [2.75, 3.05) is 7.11 Å². The summed E-state index contributed by atoms with van der Waals surface area (Å²) in [5.41, 5.74) is 5.18. The third kappa shape index (κ3) is 3.73. The molecule has 0 aromatic heterocycles. The Labute approximate surface area is 124 Å². The normalized spacial score (nSPS) is 12.2. The van der Waals surface area contributed by atoms with Gasteiger partial charge in [-0.25, -0.2) is 0 Å². The van der Waals surface area contributed by atoms with Crippen molar-refractivity contribution >= 4 is 11.6 Å². The third-order valence-corrected chi connectivity index (χ3v) is 3.57. The Morgan fingerprint density at radius 3 is 2.60 bits per heavy atom. The van der Waals surface area contributed by atoms with Crippen LogP contribution in [0.15, 0.2) is 48.5 Å². The summed E-state index contributed by atoms with van der Waals surface area (Å²) in [6, 6.07) is 16.0. The lowest BCUT2D eigenvalue weighted by molar-refractivity contribution is 0.396. The molecular formula is C16H19ClN2O. The van der Waals surface area contributed by atoms with Crippen molar-refractivity contribution in [1.82, 2.24) is 5.43 Å². The van der Waals surface area contributed by atoms with Gasteiger partial charge in [0.05, 0.1) is 7.11 Å². The van der Waals surface area contributed by atoms with Crippen LogP contribution in [0.2, 0.25) is 5.02 Å². The molecule has 0 heterocycles. The number of benzene rings is 2. The van der Waals surface area contributed by atoms with Crippen LogP contribution in [0.3, 0.4) is 0 Å². The van der Waals surface area contributed by atoms with Crippen LogP contribution in [0.1, 0.15) is 23.6 Å². The molecule has 1 atom stereocenters. The molecule has 0 radical (unpaired) electrons. The number of halogens is 1. The number of aryl methyl sites for hydroxylation is 1. The molecule has 0 aliphatic carbocycles. The van der Waals surface area contributed by atoms with E-state index in [1.54, 1.807) is 7.11 Å². The van der Waals surface area contributed by atoms with Crippen LogP contribution >= 0.6 is 11.6 Å². The number of ether oxygens (including phenoxy) is 1. The number of nitrogens with two attached hydrogens (primary N) is 1. The van der Waals surface area contributed by atoms with E-state index in [1.165, 1.54) is 5.56 Å². The number of rotatable bonds is 6. The standard InChI is InChI=1S/C16H19ClN2O/c1-20-16-11-13(17)8-9-14(16)15(19-18)10-7-12-5-3-2-4-6-12/h2-6,8-9,11,15,19H,7,10,18H2,1H3. The van der Waals surface area contributed by atoms with Gasteiger partial charge < -0.3 is 4.74 Å². The zero-order chi connectivity index (χ0) is 14.4. The summed E-state index contributed by atoms with van der Waals surface area (Å²) in [6.07, 6.45) is 1.83. The van der Waals surface area contributed by atoms with Crippen molar-refractivity contribution in [2.24, 2.45) is 5.84 Å². The Hall–Kier alpha value is -1.55. The minimum absolute atomic E-state index is 0.0300. The van der Waals surface area contributed by atoms with E-state index in [1.807, 2.05) is 36.4 Å². The monoisotopic (exact) mass is 290 g/mol. The van der Waals surface area contributed by atoms with Gasteiger partial charge in [-0.2, -0.15) is 0 Å². The highest BCUT2D eigenvalue weighted by molar-refractivity contribution is 6.30. The lowest BCUT2D eigenvalue weighted by atomic mass is 9.98. The molecule has 0 saturated carbocycles. The first-order valence-electron chi connectivity index (χ1n) is 6.58. The Morgan fingerprint density at radius 1 is 1.20 bits per heavy atom. The number of nitrogens with one attached hydrogen (secondary N) is 1. The maximum Gasteiger partial charge on any atom is 0.125 e. The predicted molar refractivity (Wildman–Crippen MR) is 82.8 cm³/mol. The maximum absolute atomic E-state index is 5.98. The Kier molecular flexibility index (Phi) is 5.41. The summed E-state index contributed by atoms with van der Waals surface area (Å²) >= 11 is 5.98. The molecule has 0 aliphatic heterocycles. The van der Waals surface area contributed by atoms with Gasteiger partial charge in [-0.3, -0.25) is 11.3 Å². The lowest BCUT2D eigenvalue weighted by Gasteiger charge is -2.19. The van der Waals surface area contributed by atoms with Gasteiger partial charge in [-0.15, -0.1) is 0 Å². The van der Waals surface area contributed by atoms with Gasteiger partial charge in [-0.05, 0) is 30.5 Å². The largest absolute Gasteiger partial charge is 0.496 e. The molecule has 0 fully saturated rings. The summed E-state index contributed by atoms with van der Waals surface area (Å²) in [6.45, 7) is 0. The van der Waals surface area contributed by atoms with Gasteiger partial charge in [0.25, 0.3) is 0 Å². The van der Waals surface area contributed by atoms with Gasteiger partial charge in [0.1, 0.15) is 5.75 Å². The van der Waals surface area contributed by atoms with Crippen LogP contribution in [-0.2, 0) is 6.42 Å². The molecule has 0 amide bonds. The van der Waals surface area contributed by atoms with Crippen LogP contribution < -0.4 is 16.0 Å². The van der Waals surface area contributed by atoms with Gasteiger partial charge in [0, 0.05) is 16.6 Å². The lowest BCUT2D eigenvalue weighted by Crippen LogP contribution is -2.28. The number of methoxy groups -OCH3 is 1. The average Bonchev–Trinajstić information content (AvgIpc) is 2.50. The van der Waals surface area contributed by atoms with E-state index in [0.29, 0.717) is 5.02 Å². The average molecular weight is 291 g/mol. The van der Waals surface area contributed by atoms with E-state index >= 15 is 0 Å². The molecule has 2 aromatic rings. The number of hydrazine groups is 1. The Morgan fingerprint density at radius 2 is 1.95 bits per heavy atom. The molecule has 0 saturated heterocycles. The topological polar surface area (TPSA) is 47.3 Å². The molecule has 20 heavy (non-hydrogen) atoms. The van der Waals surface area contributed by atoms with Crippen molar-refractivity contribution < 1.29 is 4.74 Å². The zero-order valence-corrected chi connectivity index (χ0v) is 12.2. The zero-order valence-electron chi connectivity index (χ0n) is 11.5.